The van der Waals surface area contributed by atoms with Gasteiger partial charge in [0.05, 0.1) is 6.61 Å². The van der Waals surface area contributed by atoms with Gasteiger partial charge in [-0.3, -0.25) is 4.90 Å². The molecule has 0 saturated carbocycles. The number of aromatic nitrogens is 1. The van der Waals surface area contributed by atoms with Crippen molar-refractivity contribution in [3.8, 4) is 0 Å². The Balaban J connectivity index is 1.85. The molecule has 1 aromatic heterocycles. The summed E-state index contributed by atoms with van der Waals surface area (Å²) in [4.78, 5) is 8.26. The van der Waals surface area contributed by atoms with Crippen LogP contribution < -0.4 is 5.32 Å². The van der Waals surface area contributed by atoms with Crippen LogP contribution in [0.5, 0.6) is 0 Å². The molecule has 2 rings (SSSR count). The number of morpholine rings is 1. The van der Waals surface area contributed by atoms with Gasteiger partial charge in [-0.1, -0.05) is 20.8 Å². The van der Waals surface area contributed by atoms with E-state index in [9.17, 15) is 0 Å². The second-order valence-electron chi connectivity index (χ2n) is 5.44. The highest BCUT2D eigenvalue weighted by Crippen LogP contribution is 2.26. The van der Waals surface area contributed by atoms with Crippen molar-refractivity contribution in [2.24, 2.45) is 5.92 Å². The molecule has 0 aromatic carbocycles. The minimum atomic E-state index is 0.164. The Bertz CT molecular complexity index is 381. The van der Waals surface area contributed by atoms with Crippen molar-refractivity contribution < 1.29 is 4.74 Å². The predicted octanol–water partition coefficient (Wildman–Crippen LogP) is 2.28. The zero-order valence-electron chi connectivity index (χ0n) is 12.2. The van der Waals surface area contributed by atoms with Crippen molar-refractivity contribution in [1.29, 1.82) is 0 Å². The highest BCUT2D eigenvalue weighted by molar-refractivity contribution is 7.11. The van der Waals surface area contributed by atoms with E-state index in [1.807, 2.05) is 6.20 Å². The normalized spacial score (nSPS) is 21.2. The van der Waals surface area contributed by atoms with Crippen LogP contribution in [0.2, 0.25) is 0 Å². The summed E-state index contributed by atoms with van der Waals surface area (Å²) in [6.07, 6.45) is 2.15. The van der Waals surface area contributed by atoms with Crippen molar-refractivity contribution >= 4 is 11.3 Å². The molecule has 1 fully saturated rings. The zero-order valence-corrected chi connectivity index (χ0v) is 13.0. The van der Waals surface area contributed by atoms with E-state index in [-0.39, 0.29) is 6.10 Å². The molecule has 108 valence electrons. The fraction of sp³-hybridized carbons (Fsp3) is 0.786. The number of hydrogen-bond donors (Lipinski definition) is 1. The first-order valence-electron chi connectivity index (χ1n) is 7.18. The zero-order chi connectivity index (χ0) is 13.7. The van der Waals surface area contributed by atoms with Gasteiger partial charge in [0.2, 0.25) is 0 Å². The molecule has 1 aliphatic rings. The fourth-order valence-corrected chi connectivity index (χ4v) is 3.10. The number of likely N-dealkylation sites (N-methyl/N-ethyl adjacent to an activating group) is 1. The van der Waals surface area contributed by atoms with Gasteiger partial charge in [0, 0.05) is 30.7 Å². The molecular weight excluding hydrogens is 258 g/mol. The number of ether oxygens (including phenoxy) is 1. The predicted molar refractivity (Wildman–Crippen MR) is 79.5 cm³/mol. The molecule has 0 spiro atoms. The van der Waals surface area contributed by atoms with Crippen LogP contribution in [-0.4, -0.2) is 42.7 Å². The lowest BCUT2D eigenvalue weighted by Crippen LogP contribution is -2.37. The van der Waals surface area contributed by atoms with E-state index in [2.05, 4.69) is 36.0 Å². The topological polar surface area (TPSA) is 37.4 Å². The Morgan fingerprint density at radius 1 is 1.58 bits per heavy atom. The van der Waals surface area contributed by atoms with Crippen LogP contribution in [0.15, 0.2) is 6.20 Å². The molecule has 0 bridgehead atoms. The molecule has 5 heteroatoms. The summed E-state index contributed by atoms with van der Waals surface area (Å²) >= 11 is 1.78. The minimum Gasteiger partial charge on any atom is -0.368 e. The Hall–Kier alpha value is -0.490. The van der Waals surface area contributed by atoms with Crippen molar-refractivity contribution in [3.63, 3.8) is 0 Å². The number of nitrogens with zero attached hydrogens (tertiary/aromatic N) is 2. The first kappa shape index (κ1) is 14.9. The summed E-state index contributed by atoms with van der Waals surface area (Å²) in [7, 11) is 0. The largest absolute Gasteiger partial charge is 0.368 e. The minimum absolute atomic E-state index is 0.164. The molecule has 0 amide bonds. The second-order valence-corrected chi connectivity index (χ2v) is 6.59. The van der Waals surface area contributed by atoms with Crippen molar-refractivity contribution in [1.82, 2.24) is 15.2 Å². The standard InChI is InChI=1S/C14H25N3OS/c1-4-17-5-6-18-13(10-17)14-16-9-12(19-14)8-15-7-11(2)3/h9,11,13,15H,4-8,10H2,1-3H3. The summed E-state index contributed by atoms with van der Waals surface area (Å²) in [5.74, 6) is 0.687. The van der Waals surface area contributed by atoms with Gasteiger partial charge in [0.25, 0.3) is 0 Å². The summed E-state index contributed by atoms with van der Waals surface area (Å²) in [5.41, 5.74) is 0. The van der Waals surface area contributed by atoms with Crippen LogP contribution in [-0.2, 0) is 11.3 Å². The Morgan fingerprint density at radius 2 is 2.42 bits per heavy atom. The van der Waals surface area contributed by atoms with Gasteiger partial charge in [0.15, 0.2) is 0 Å². The summed E-state index contributed by atoms with van der Waals surface area (Å²) in [6, 6.07) is 0. The van der Waals surface area contributed by atoms with E-state index >= 15 is 0 Å². The van der Waals surface area contributed by atoms with E-state index in [0.717, 1.165) is 44.3 Å². The third-order valence-electron chi connectivity index (χ3n) is 3.30. The molecule has 2 heterocycles. The van der Waals surface area contributed by atoms with Crippen molar-refractivity contribution in [2.45, 2.75) is 33.4 Å². The molecular formula is C14H25N3OS. The number of hydrogen-bond acceptors (Lipinski definition) is 5. The van der Waals surface area contributed by atoms with Crippen molar-refractivity contribution in [2.75, 3.05) is 32.8 Å². The number of thiazole rings is 1. The first-order valence-corrected chi connectivity index (χ1v) is 8.00. The average molecular weight is 283 g/mol. The van der Waals surface area contributed by atoms with E-state index in [0.29, 0.717) is 5.92 Å². The first-order chi connectivity index (χ1) is 9.19. The SMILES string of the molecule is CCN1CCOC(c2ncc(CNCC(C)C)s2)C1. The van der Waals surface area contributed by atoms with Crippen LogP contribution in [0.4, 0.5) is 0 Å². The molecule has 4 nitrogen and oxygen atoms in total. The van der Waals surface area contributed by atoms with Gasteiger partial charge in [0.1, 0.15) is 11.1 Å². The van der Waals surface area contributed by atoms with Gasteiger partial charge in [-0.05, 0) is 19.0 Å². The van der Waals surface area contributed by atoms with Crippen LogP contribution in [0.1, 0.15) is 36.8 Å². The van der Waals surface area contributed by atoms with Crippen LogP contribution in [0, 0.1) is 5.92 Å². The molecule has 0 aliphatic carbocycles. The molecule has 1 N–H and O–H groups in total. The Labute approximate surface area is 120 Å². The van der Waals surface area contributed by atoms with E-state index in [1.54, 1.807) is 11.3 Å². The van der Waals surface area contributed by atoms with Gasteiger partial charge in [-0.15, -0.1) is 11.3 Å². The molecule has 0 radical (unpaired) electrons. The lowest BCUT2D eigenvalue weighted by atomic mass is 10.2. The lowest BCUT2D eigenvalue weighted by Gasteiger charge is -2.30. The summed E-state index contributed by atoms with van der Waals surface area (Å²) < 4.78 is 5.84. The van der Waals surface area contributed by atoms with Crippen molar-refractivity contribution in [3.05, 3.63) is 16.1 Å². The molecule has 1 atom stereocenters. The van der Waals surface area contributed by atoms with Gasteiger partial charge < -0.3 is 10.1 Å². The maximum atomic E-state index is 5.84. The lowest BCUT2D eigenvalue weighted by molar-refractivity contribution is -0.0282. The summed E-state index contributed by atoms with van der Waals surface area (Å²) in [5, 5.41) is 4.58. The van der Waals surface area contributed by atoms with E-state index in [4.69, 9.17) is 4.74 Å². The molecule has 1 saturated heterocycles. The van der Waals surface area contributed by atoms with Crippen LogP contribution in [0.25, 0.3) is 0 Å². The maximum absolute atomic E-state index is 5.84. The van der Waals surface area contributed by atoms with E-state index in [1.165, 1.54) is 4.88 Å². The Morgan fingerprint density at radius 3 is 3.16 bits per heavy atom. The van der Waals surface area contributed by atoms with Gasteiger partial charge in [-0.2, -0.15) is 0 Å². The second kappa shape index (κ2) is 7.33. The fourth-order valence-electron chi connectivity index (χ4n) is 2.18. The van der Waals surface area contributed by atoms with Gasteiger partial charge >= 0.3 is 0 Å². The quantitative estimate of drug-likeness (QED) is 0.869. The van der Waals surface area contributed by atoms with E-state index < -0.39 is 0 Å². The van der Waals surface area contributed by atoms with Crippen LogP contribution >= 0.6 is 11.3 Å². The highest BCUT2D eigenvalue weighted by Gasteiger charge is 2.23. The van der Waals surface area contributed by atoms with Crippen LogP contribution in [0.3, 0.4) is 0 Å². The maximum Gasteiger partial charge on any atom is 0.123 e. The molecule has 1 aromatic rings. The third kappa shape index (κ3) is 4.53. The highest BCUT2D eigenvalue weighted by atomic mass is 32.1. The Kier molecular flexibility index (Phi) is 5.76. The summed E-state index contributed by atoms with van der Waals surface area (Å²) in [6.45, 7) is 12.5. The van der Waals surface area contributed by atoms with Gasteiger partial charge in [-0.25, -0.2) is 4.98 Å². The average Bonchev–Trinajstić information content (AvgIpc) is 2.87. The smallest absolute Gasteiger partial charge is 0.123 e. The number of rotatable bonds is 6. The monoisotopic (exact) mass is 283 g/mol. The number of nitrogens with one attached hydrogen (secondary N) is 1. The third-order valence-corrected chi connectivity index (χ3v) is 4.39. The molecule has 1 aliphatic heterocycles. The molecule has 1 unspecified atom stereocenters. The molecule has 19 heavy (non-hydrogen) atoms.